The molecule has 3 aliphatic heterocycles. The maximum atomic E-state index is 12.6. The summed E-state index contributed by atoms with van der Waals surface area (Å²) in [6.07, 6.45) is 1.00. The van der Waals surface area contributed by atoms with Crippen molar-refractivity contribution in [1.82, 2.24) is 9.80 Å². The molecule has 2 aromatic carbocycles. The van der Waals surface area contributed by atoms with Gasteiger partial charge in [-0.3, -0.25) is 9.69 Å². The number of aliphatic hydroxyl groups is 1. The molecule has 6 nitrogen and oxygen atoms in total. The summed E-state index contributed by atoms with van der Waals surface area (Å²) >= 11 is 0. The number of hydrogen-bond acceptors (Lipinski definition) is 5. The normalized spacial score (nSPS) is 21.3. The number of ether oxygens (including phenoxy) is 1. The van der Waals surface area contributed by atoms with Gasteiger partial charge in [0.25, 0.3) is 5.91 Å². The number of carbonyl (C=O) groups excluding carboxylic acids is 1. The minimum absolute atomic E-state index is 0.0940. The molecule has 0 aliphatic carbocycles. The first-order valence-corrected chi connectivity index (χ1v) is 10.7. The van der Waals surface area contributed by atoms with Crippen LogP contribution in [0.25, 0.3) is 11.3 Å². The number of benzene rings is 2. The zero-order chi connectivity index (χ0) is 20.5. The smallest absolute Gasteiger partial charge is 0.260 e. The first kappa shape index (κ1) is 19.3. The van der Waals surface area contributed by atoms with Crippen molar-refractivity contribution in [2.75, 3.05) is 51.2 Å². The standard InChI is InChI=1S/C24H27N3O3/c28-14-13-27-11-9-26(10-12-27)8-7-17-5-6-19-18(15-17)16-30-23(19)22-20-3-1-2-4-21(20)25-24(22)29/h1-6,15,28H,7-14,16H2,(H,25,29)/b23-22+. The number of amides is 1. The fourth-order valence-corrected chi connectivity index (χ4v) is 4.59. The molecule has 2 aromatic rings. The van der Waals surface area contributed by atoms with Gasteiger partial charge in [-0.15, -0.1) is 0 Å². The number of fused-ring (bicyclic) bond motifs is 2. The minimum atomic E-state index is -0.0940. The molecular formula is C24H27N3O3. The van der Waals surface area contributed by atoms with Crippen LogP contribution in [0.3, 0.4) is 0 Å². The Labute approximate surface area is 176 Å². The lowest BCUT2D eigenvalue weighted by Crippen LogP contribution is -2.47. The number of para-hydroxylation sites is 1. The van der Waals surface area contributed by atoms with Crippen LogP contribution in [-0.4, -0.2) is 66.7 Å². The molecule has 0 atom stereocenters. The monoisotopic (exact) mass is 405 g/mol. The van der Waals surface area contributed by atoms with Crippen molar-refractivity contribution in [1.29, 1.82) is 0 Å². The lowest BCUT2D eigenvalue weighted by molar-refractivity contribution is -0.110. The summed E-state index contributed by atoms with van der Waals surface area (Å²) in [5.74, 6) is 0.600. The molecule has 1 saturated heterocycles. The summed E-state index contributed by atoms with van der Waals surface area (Å²) in [6, 6.07) is 14.2. The Hall–Kier alpha value is -2.67. The van der Waals surface area contributed by atoms with E-state index in [4.69, 9.17) is 9.84 Å². The molecule has 2 N–H and O–H groups in total. The first-order chi connectivity index (χ1) is 14.7. The quantitative estimate of drug-likeness (QED) is 0.747. The predicted molar refractivity (Wildman–Crippen MR) is 117 cm³/mol. The third kappa shape index (κ3) is 3.62. The Bertz CT molecular complexity index is 993. The highest BCUT2D eigenvalue weighted by atomic mass is 16.5. The third-order valence-electron chi connectivity index (χ3n) is 6.28. The Kier molecular flexibility index (Phi) is 5.29. The fourth-order valence-electron chi connectivity index (χ4n) is 4.59. The van der Waals surface area contributed by atoms with Crippen LogP contribution in [0.4, 0.5) is 5.69 Å². The zero-order valence-corrected chi connectivity index (χ0v) is 17.1. The second-order valence-electron chi connectivity index (χ2n) is 8.14. The molecule has 0 radical (unpaired) electrons. The van der Waals surface area contributed by atoms with Crippen molar-refractivity contribution in [3.63, 3.8) is 0 Å². The Morgan fingerprint density at radius 3 is 2.53 bits per heavy atom. The second-order valence-corrected chi connectivity index (χ2v) is 8.14. The molecule has 3 heterocycles. The number of hydrogen-bond donors (Lipinski definition) is 2. The van der Waals surface area contributed by atoms with Crippen LogP contribution in [0.1, 0.15) is 22.3 Å². The maximum absolute atomic E-state index is 12.6. The highest BCUT2D eigenvalue weighted by Gasteiger charge is 2.32. The van der Waals surface area contributed by atoms with Gasteiger partial charge in [0.05, 0.1) is 12.2 Å². The number of piperazine rings is 1. The van der Waals surface area contributed by atoms with E-state index in [2.05, 4.69) is 33.3 Å². The van der Waals surface area contributed by atoms with Gasteiger partial charge in [-0.25, -0.2) is 0 Å². The number of nitrogens with one attached hydrogen (secondary N) is 1. The molecule has 0 aromatic heterocycles. The molecule has 1 amide bonds. The van der Waals surface area contributed by atoms with Crippen molar-refractivity contribution in [3.8, 4) is 0 Å². The maximum Gasteiger partial charge on any atom is 0.260 e. The number of anilines is 1. The number of β-amino-alcohol motifs (C(OH)–C–C–N with tert-alkyl or cyclic N) is 1. The van der Waals surface area contributed by atoms with Crippen LogP contribution in [-0.2, 0) is 22.6 Å². The van der Waals surface area contributed by atoms with Gasteiger partial charge in [0.15, 0.2) is 0 Å². The Morgan fingerprint density at radius 2 is 1.73 bits per heavy atom. The minimum Gasteiger partial charge on any atom is -0.487 e. The van der Waals surface area contributed by atoms with Crippen LogP contribution < -0.4 is 5.32 Å². The van der Waals surface area contributed by atoms with E-state index in [9.17, 15) is 4.79 Å². The van der Waals surface area contributed by atoms with Crippen LogP contribution in [0.2, 0.25) is 0 Å². The van der Waals surface area contributed by atoms with E-state index in [-0.39, 0.29) is 12.5 Å². The molecule has 0 unspecified atom stereocenters. The average molecular weight is 405 g/mol. The second kappa shape index (κ2) is 8.22. The van der Waals surface area contributed by atoms with Gasteiger partial charge in [-0.1, -0.05) is 36.4 Å². The van der Waals surface area contributed by atoms with Crippen LogP contribution in [0.15, 0.2) is 42.5 Å². The summed E-state index contributed by atoms with van der Waals surface area (Å²) < 4.78 is 6.00. The highest BCUT2D eigenvalue weighted by molar-refractivity contribution is 6.36. The Balaban J connectivity index is 1.29. The summed E-state index contributed by atoms with van der Waals surface area (Å²) in [4.78, 5) is 17.4. The number of nitrogens with zero attached hydrogens (tertiary/aromatic N) is 2. The predicted octanol–water partition coefficient (Wildman–Crippen LogP) is 2.19. The lowest BCUT2D eigenvalue weighted by Gasteiger charge is -2.34. The van der Waals surface area contributed by atoms with E-state index in [1.54, 1.807) is 0 Å². The number of carbonyl (C=O) groups is 1. The molecule has 156 valence electrons. The summed E-state index contributed by atoms with van der Waals surface area (Å²) in [5.41, 5.74) is 5.88. The molecule has 6 heteroatoms. The summed E-state index contributed by atoms with van der Waals surface area (Å²) in [6.45, 7) is 6.73. The molecular weight excluding hydrogens is 378 g/mol. The van der Waals surface area contributed by atoms with Crippen LogP contribution in [0, 0.1) is 0 Å². The van der Waals surface area contributed by atoms with Gasteiger partial charge in [0.1, 0.15) is 12.4 Å². The number of aliphatic hydroxyl groups excluding tert-OH is 1. The van der Waals surface area contributed by atoms with E-state index < -0.39 is 0 Å². The fraction of sp³-hybridized carbons (Fsp3) is 0.375. The van der Waals surface area contributed by atoms with Crippen LogP contribution in [0.5, 0.6) is 0 Å². The van der Waals surface area contributed by atoms with Crippen molar-refractivity contribution >= 4 is 22.9 Å². The lowest BCUT2D eigenvalue weighted by atomic mass is 9.98. The summed E-state index contributed by atoms with van der Waals surface area (Å²) in [5, 5.41) is 12.0. The van der Waals surface area contributed by atoms with E-state index >= 15 is 0 Å². The highest BCUT2D eigenvalue weighted by Crippen LogP contribution is 2.41. The molecule has 0 bridgehead atoms. The van der Waals surface area contributed by atoms with Gasteiger partial charge in [-0.05, 0) is 18.1 Å². The van der Waals surface area contributed by atoms with Crippen molar-refractivity contribution in [2.24, 2.45) is 0 Å². The van der Waals surface area contributed by atoms with E-state index in [0.717, 1.165) is 68.1 Å². The van der Waals surface area contributed by atoms with Crippen LogP contribution >= 0.6 is 0 Å². The summed E-state index contributed by atoms with van der Waals surface area (Å²) in [7, 11) is 0. The molecule has 5 rings (SSSR count). The molecule has 0 spiro atoms. The molecule has 30 heavy (non-hydrogen) atoms. The zero-order valence-electron chi connectivity index (χ0n) is 17.1. The average Bonchev–Trinajstić information content (AvgIpc) is 3.32. The number of rotatable bonds is 5. The van der Waals surface area contributed by atoms with E-state index in [0.29, 0.717) is 17.9 Å². The van der Waals surface area contributed by atoms with E-state index in [1.807, 2.05) is 24.3 Å². The van der Waals surface area contributed by atoms with Gasteiger partial charge < -0.3 is 20.1 Å². The van der Waals surface area contributed by atoms with E-state index in [1.165, 1.54) is 5.56 Å². The van der Waals surface area contributed by atoms with Gasteiger partial charge in [0, 0.05) is 61.6 Å². The third-order valence-corrected chi connectivity index (χ3v) is 6.28. The Morgan fingerprint density at radius 1 is 0.967 bits per heavy atom. The topological polar surface area (TPSA) is 65.0 Å². The van der Waals surface area contributed by atoms with Crippen molar-refractivity contribution in [3.05, 3.63) is 64.7 Å². The van der Waals surface area contributed by atoms with Crippen molar-refractivity contribution in [2.45, 2.75) is 13.0 Å². The van der Waals surface area contributed by atoms with Gasteiger partial charge in [-0.2, -0.15) is 0 Å². The molecule has 3 aliphatic rings. The van der Waals surface area contributed by atoms with Crippen molar-refractivity contribution < 1.29 is 14.6 Å². The molecule has 0 saturated carbocycles. The van der Waals surface area contributed by atoms with Gasteiger partial charge >= 0.3 is 0 Å². The largest absolute Gasteiger partial charge is 0.487 e. The first-order valence-electron chi connectivity index (χ1n) is 10.7. The molecule has 1 fully saturated rings. The van der Waals surface area contributed by atoms with Gasteiger partial charge in [0.2, 0.25) is 0 Å². The SMILES string of the molecule is O=C1Nc2ccccc2/C1=C1\OCc2cc(CCN3CCN(CCO)CC3)ccc21.